The van der Waals surface area contributed by atoms with Gasteiger partial charge in [-0.1, -0.05) is 5.16 Å². The summed E-state index contributed by atoms with van der Waals surface area (Å²) in [7, 11) is -2.15. The van der Waals surface area contributed by atoms with Gasteiger partial charge in [-0.15, -0.1) is 0 Å². The first-order valence-electron chi connectivity index (χ1n) is 8.23. The van der Waals surface area contributed by atoms with Crippen LogP contribution in [0, 0.1) is 13.8 Å². The zero-order chi connectivity index (χ0) is 18.7. The van der Waals surface area contributed by atoms with Crippen LogP contribution in [-0.4, -0.2) is 57.4 Å². The number of sulfonamides is 1. The van der Waals surface area contributed by atoms with Crippen molar-refractivity contribution in [3.63, 3.8) is 0 Å². The molecule has 1 atom stereocenters. The van der Waals surface area contributed by atoms with E-state index < -0.39 is 16.1 Å². The highest BCUT2D eigenvalue weighted by molar-refractivity contribution is 7.89. The fourth-order valence-electron chi connectivity index (χ4n) is 2.86. The minimum Gasteiger partial charge on any atom is -0.497 e. The highest BCUT2D eigenvalue weighted by atomic mass is 32.2. The number of ether oxygens (including phenoxy) is 3. The number of hydrogen-bond acceptors (Lipinski definition) is 7. The van der Waals surface area contributed by atoms with Gasteiger partial charge in [-0.05, 0) is 38.1 Å². The SMILES string of the molecule is COc1ccc(OC2COCCN(S(=O)(=O)c3c(C)noc3C)C2)cc1. The van der Waals surface area contributed by atoms with Crippen LogP contribution in [0.15, 0.2) is 33.7 Å². The molecule has 0 aliphatic carbocycles. The van der Waals surface area contributed by atoms with Gasteiger partial charge in [-0.3, -0.25) is 0 Å². The molecule has 0 bridgehead atoms. The second-order valence-electron chi connectivity index (χ2n) is 6.01. The van der Waals surface area contributed by atoms with Gasteiger partial charge in [0.15, 0.2) is 5.76 Å². The molecular weight excluding hydrogens is 360 g/mol. The summed E-state index contributed by atoms with van der Waals surface area (Å²) >= 11 is 0. The molecule has 26 heavy (non-hydrogen) atoms. The second-order valence-corrected chi connectivity index (χ2v) is 7.88. The topological polar surface area (TPSA) is 91.1 Å². The molecule has 0 spiro atoms. The minimum absolute atomic E-state index is 0.114. The highest BCUT2D eigenvalue weighted by Crippen LogP contribution is 2.25. The summed E-state index contributed by atoms with van der Waals surface area (Å²) in [5, 5.41) is 3.75. The van der Waals surface area contributed by atoms with Crippen molar-refractivity contribution in [3.05, 3.63) is 35.7 Å². The number of benzene rings is 1. The van der Waals surface area contributed by atoms with E-state index in [0.29, 0.717) is 24.7 Å². The molecule has 1 aromatic carbocycles. The Morgan fingerprint density at radius 3 is 2.50 bits per heavy atom. The van der Waals surface area contributed by atoms with Crippen LogP contribution >= 0.6 is 0 Å². The number of aryl methyl sites for hydroxylation is 2. The Kier molecular flexibility index (Phi) is 5.49. The van der Waals surface area contributed by atoms with Gasteiger partial charge in [0, 0.05) is 6.54 Å². The molecule has 1 aliphatic heterocycles. The van der Waals surface area contributed by atoms with Crippen molar-refractivity contribution in [2.45, 2.75) is 24.8 Å². The first-order valence-corrected chi connectivity index (χ1v) is 9.67. The molecule has 1 aromatic heterocycles. The van der Waals surface area contributed by atoms with Gasteiger partial charge >= 0.3 is 0 Å². The van der Waals surface area contributed by atoms with Crippen molar-refractivity contribution in [2.24, 2.45) is 0 Å². The molecule has 2 aromatic rings. The normalized spacial score (nSPS) is 19.1. The Morgan fingerprint density at radius 1 is 1.19 bits per heavy atom. The van der Waals surface area contributed by atoms with Crippen LogP contribution in [0.5, 0.6) is 11.5 Å². The van der Waals surface area contributed by atoms with Gasteiger partial charge in [-0.2, -0.15) is 4.31 Å². The Bertz CT molecular complexity index is 827. The van der Waals surface area contributed by atoms with E-state index in [-0.39, 0.29) is 23.7 Å². The van der Waals surface area contributed by atoms with Crippen LogP contribution < -0.4 is 9.47 Å². The van der Waals surface area contributed by atoms with E-state index >= 15 is 0 Å². The summed E-state index contributed by atoms with van der Waals surface area (Å²) in [6, 6.07) is 7.12. The van der Waals surface area contributed by atoms with Gasteiger partial charge in [-0.25, -0.2) is 8.42 Å². The van der Waals surface area contributed by atoms with Crippen LogP contribution in [0.4, 0.5) is 0 Å². The maximum Gasteiger partial charge on any atom is 0.248 e. The highest BCUT2D eigenvalue weighted by Gasteiger charge is 2.34. The van der Waals surface area contributed by atoms with Gasteiger partial charge in [0.05, 0.1) is 26.9 Å². The fraction of sp³-hybridized carbons (Fsp3) is 0.471. The molecule has 3 rings (SSSR count). The maximum atomic E-state index is 13.0. The lowest BCUT2D eigenvalue weighted by Crippen LogP contribution is -2.40. The average molecular weight is 382 g/mol. The molecule has 9 heteroatoms. The maximum absolute atomic E-state index is 13.0. The second kappa shape index (κ2) is 7.65. The van der Waals surface area contributed by atoms with Crippen molar-refractivity contribution in [2.75, 3.05) is 33.4 Å². The van der Waals surface area contributed by atoms with Crippen molar-refractivity contribution in [3.8, 4) is 11.5 Å². The van der Waals surface area contributed by atoms with Gasteiger partial charge < -0.3 is 18.7 Å². The molecule has 1 fully saturated rings. The number of hydrogen-bond donors (Lipinski definition) is 0. The van der Waals surface area contributed by atoms with E-state index in [2.05, 4.69) is 5.16 Å². The Hall–Kier alpha value is -2.10. The summed E-state index contributed by atoms with van der Waals surface area (Å²) < 4.78 is 49.0. The smallest absolute Gasteiger partial charge is 0.248 e. The van der Waals surface area contributed by atoms with Crippen LogP contribution in [0.25, 0.3) is 0 Å². The van der Waals surface area contributed by atoms with E-state index in [4.69, 9.17) is 18.7 Å². The summed E-state index contributed by atoms with van der Waals surface area (Å²) in [6.45, 7) is 4.23. The molecule has 1 aliphatic rings. The van der Waals surface area contributed by atoms with Gasteiger partial charge in [0.25, 0.3) is 0 Å². The minimum atomic E-state index is -3.74. The predicted molar refractivity (Wildman–Crippen MR) is 93.0 cm³/mol. The average Bonchev–Trinajstić information content (AvgIpc) is 2.82. The number of nitrogens with zero attached hydrogens (tertiary/aromatic N) is 2. The van der Waals surface area contributed by atoms with Gasteiger partial charge in [0.2, 0.25) is 10.0 Å². The largest absolute Gasteiger partial charge is 0.497 e. The lowest BCUT2D eigenvalue weighted by molar-refractivity contribution is 0.0722. The molecule has 2 heterocycles. The summed E-state index contributed by atoms with van der Waals surface area (Å²) in [4.78, 5) is 0.114. The number of rotatable bonds is 5. The third-order valence-corrected chi connectivity index (χ3v) is 6.23. The molecular formula is C17H22N2O6S. The van der Waals surface area contributed by atoms with Crippen molar-refractivity contribution >= 4 is 10.0 Å². The monoisotopic (exact) mass is 382 g/mol. The summed E-state index contributed by atoms with van der Waals surface area (Å²) in [5.74, 6) is 1.62. The molecule has 0 N–H and O–H groups in total. The zero-order valence-corrected chi connectivity index (χ0v) is 15.8. The van der Waals surface area contributed by atoms with Crippen molar-refractivity contribution in [1.29, 1.82) is 0 Å². The molecule has 0 saturated carbocycles. The van der Waals surface area contributed by atoms with E-state index in [0.717, 1.165) is 5.75 Å². The Balaban J connectivity index is 1.78. The van der Waals surface area contributed by atoms with E-state index in [1.807, 2.05) is 0 Å². The van der Waals surface area contributed by atoms with E-state index in [9.17, 15) is 8.42 Å². The van der Waals surface area contributed by atoms with Crippen LogP contribution in [0.3, 0.4) is 0 Å². The molecule has 1 saturated heterocycles. The van der Waals surface area contributed by atoms with Crippen molar-refractivity contribution in [1.82, 2.24) is 9.46 Å². The molecule has 0 radical (unpaired) electrons. The number of methoxy groups -OCH3 is 1. The summed E-state index contributed by atoms with van der Waals surface area (Å²) in [6.07, 6.45) is -0.429. The molecule has 1 unspecified atom stereocenters. The first kappa shape index (κ1) is 18.7. The van der Waals surface area contributed by atoms with Crippen LogP contribution in [-0.2, 0) is 14.8 Å². The fourth-order valence-corrected chi connectivity index (χ4v) is 4.61. The molecule has 0 amide bonds. The van der Waals surface area contributed by atoms with Crippen LogP contribution in [0.1, 0.15) is 11.5 Å². The van der Waals surface area contributed by atoms with E-state index in [1.54, 1.807) is 45.2 Å². The zero-order valence-electron chi connectivity index (χ0n) is 15.0. The predicted octanol–water partition coefficient (Wildman–Crippen LogP) is 1.77. The van der Waals surface area contributed by atoms with Gasteiger partial charge in [0.1, 0.15) is 28.2 Å². The van der Waals surface area contributed by atoms with E-state index in [1.165, 1.54) is 4.31 Å². The standard InChI is InChI=1S/C17H22N2O6S/c1-12-17(13(2)25-18-12)26(20,21)19-8-9-23-11-16(10-19)24-15-6-4-14(22-3)5-7-15/h4-7,16H,8-11H2,1-3H3. The Labute approximate surface area is 152 Å². The van der Waals surface area contributed by atoms with Crippen LogP contribution in [0.2, 0.25) is 0 Å². The van der Waals surface area contributed by atoms with Crippen molar-refractivity contribution < 1.29 is 27.2 Å². The first-order chi connectivity index (χ1) is 12.4. The lowest BCUT2D eigenvalue weighted by Gasteiger charge is -2.23. The number of aromatic nitrogens is 1. The quantitative estimate of drug-likeness (QED) is 0.778. The molecule has 142 valence electrons. The third kappa shape index (κ3) is 3.84. The third-order valence-electron chi connectivity index (χ3n) is 4.12. The molecule has 8 nitrogen and oxygen atoms in total. The Morgan fingerprint density at radius 2 is 1.88 bits per heavy atom. The summed E-state index contributed by atoms with van der Waals surface area (Å²) in [5.41, 5.74) is 0.347. The lowest BCUT2D eigenvalue weighted by atomic mass is 10.3.